The molecule has 1 aromatic heterocycles. The molecule has 2 aromatic carbocycles. The minimum atomic E-state index is -4.84. The number of benzene rings is 2. The molecule has 13 heteroatoms. The lowest BCUT2D eigenvalue weighted by atomic mass is 9.83. The van der Waals surface area contributed by atoms with E-state index in [0.717, 1.165) is 23.4 Å². The Morgan fingerprint density at radius 3 is 2.49 bits per heavy atom. The van der Waals surface area contributed by atoms with Crippen molar-refractivity contribution in [2.45, 2.75) is 31.3 Å². The monoisotopic (exact) mass is 498 g/mol. The lowest BCUT2D eigenvalue weighted by Gasteiger charge is -2.47. The minimum Gasteiger partial charge on any atom is -0.449 e. The van der Waals surface area contributed by atoms with E-state index in [1.807, 2.05) is 0 Å². The van der Waals surface area contributed by atoms with Gasteiger partial charge in [-0.15, -0.1) is 0 Å². The van der Waals surface area contributed by atoms with Crippen LogP contribution in [0.15, 0.2) is 49.1 Å². The van der Waals surface area contributed by atoms with Gasteiger partial charge in [-0.2, -0.15) is 18.3 Å². The predicted molar refractivity (Wildman–Crippen MR) is 106 cm³/mol. The largest absolute Gasteiger partial charge is 0.449 e. The van der Waals surface area contributed by atoms with E-state index in [-0.39, 0.29) is 18.2 Å². The van der Waals surface area contributed by atoms with Gasteiger partial charge in [-0.05, 0) is 37.3 Å². The van der Waals surface area contributed by atoms with Crippen LogP contribution < -0.4 is 0 Å². The molecule has 1 aliphatic heterocycles. The lowest BCUT2D eigenvalue weighted by Crippen LogP contribution is -2.61. The van der Waals surface area contributed by atoms with Gasteiger partial charge < -0.3 is 9.64 Å². The molecule has 1 fully saturated rings. The molecule has 7 nitrogen and oxygen atoms in total. The molecular weight excluding hydrogens is 482 g/mol. The molecule has 184 valence electrons. The molecule has 0 radical (unpaired) electrons. The first-order valence-corrected chi connectivity index (χ1v) is 10.1. The molecule has 2 unspecified atom stereocenters. The van der Waals surface area contributed by atoms with Gasteiger partial charge in [0.2, 0.25) is 0 Å². The second-order valence-corrected chi connectivity index (χ2v) is 7.88. The van der Waals surface area contributed by atoms with Gasteiger partial charge in [-0.1, -0.05) is 0 Å². The van der Waals surface area contributed by atoms with Crippen LogP contribution in [0.2, 0.25) is 0 Å². The topological polar surface area (TPSA) is 77.3 Å². The van der Waals surface area contributed by atoms with Gasteiger partial charge in [0.1, 0.15) is 36.7 Å². The quantitative estimate of drug-likeness (QED) is 0.405. The van der Waals surface area contributed by atoms with Gasteiger partial charge in [0, 0.05) is 11.6 Å². The molecule has 2 atom stereocenters. The summed E-state index contributed by atoms with van der Waals surface area (Å²) >= 11 is 0. The highest BCUT2D eigenvalue weighted by molar-refractivity contribution is 5.97. The predicted octanol–water partition coefficient (Wildman–Crippen LogP) is 3.70. The summed E-state index contributed by atoms with van der Waals surface area (Å²) in [7, 11) is 0. The normalized spacial score (nSPS) is 20.6. The van der Waals surface area contributed by atoms with E-state index >= 15 is 0 Å². The number of amides is 1. The second kappa shape index (κ2) is 8.71. The molecule has 3 aromatic rings. The van der Waals surface area contributed by atoms with Crippen molar-refractivity contribution in [2.24, 2.45) is 0 Å². The molecule has 0 aliphatic carbocycles. The van der Waals surface area contributed by atoms with Crippen molar-refractivity contribution in [1.82, 2.24) is 19.7 Å². The number of carbonyl (C=O) groups excluding carboxylic acids is 2. The molecule has 4 rings (SSSR count). The average Bonchev–Trinajstić information content (AvgIpc) is 3.27. The zero-order chi connectivity index (χ0) is 25.5. The van der Waals surface area contributed by atoms with Gasteiger partial charge in [0.25, 0.3) is 5.91 Å². The zero-order valence-corrected chi connectivity index (χ0v) is 17.9. The molecule has 1 saturated heterocycles. The minimum absolute atomic E-state index is 0.169. The fraction of sp³-hybridized carbons (Fsp3) is 0.273. The molecule has 0 spiro atoms. The maximum Gasteiger partial charge on any atom is 0.416 e. The number of carbonyl (C=O) groups is 2. The Kier molecular flexibility index (Phi) is 6.03. The Hall–Kier alpha value is -3.90. The van der Waals surface area contributed by atoms with Crippen molar-refractivity contribution in [1.29, 1.82) is 0 Å². The van der Waals surface area contributed by atoms with Gasteiger partial charge in [-0.25, -0.2) is 22.8 Å². The van der Waals surface area contributed by atoms with Crippen LogP contribution in [0, 0.1) is 17.5 Å². The zero-order valence-electron chi connectivity index (χ0n) is 17.9. The first-order chi connectivity index (χ1) is 16.4. The van der Waals surface area contributed by atoms with Crippen LogP contribution in [0.5, 0.6) is 0 Å². The number of esters is 1. The van der Waals surface area contributed by atoms with Crippen LogP contribution in [-0.2, 0) is 27.9 Å². The van der Waals surface area contributed by atoms with Crippen LogP contribution in [0.1, 0.15) is 28.4 Å². The number of alkyl halides is 3. The molecule has 0 bridgehead atoms. The number of ether oxygens (including phenoxy) is 1. The fourth-order valence-corrected chi connectivity index (χ4v) is 4.03. The summed E-state index contributed by atoms with van der Waals surface area (Å²) in [4.78, 5) is 30.5. The van der Waals surface area contributed by atoms with E-state index in [9.17, 15) is 35.9 Å². The van der Waals surface area contributed by atoms with Crippen molar-refractivity contribution >= 4 is 11.9 Å². The SMILES string of the molecule is CC1N(C(=O)c2ccc(C(F)(F)F)cc2F)CC(=O)OC1(Cn1cncn1)c1ccc(F)cc1F. The highest BCUT2D eigenvalue weighted by Gasteiger charge is 2.52. The van der Waals surface area contributed by atoms with Crippen molar-refractivity contribution in [3.05, 3.63) is 83.2 Å². The number of halogens is 6. The van der Waals surface area contributed by atoms with Crippen LogP contribution >= 0.6 is 0 Å². The number of aromatic nitrogens is 3. The lowest BCUT2D eigenvalue weighted by molar-refractivity contribution is -0.186. The molecule has 1 aliphatic rings. The van der Waals surface area contributed by atoms with Crippen molar-refractivity contribution in [3.63, 3.8) is 0 Å². The summed E-state index contributed by atoms with van der Waals surface area (Å²) in [5.41, 5.74) is -4.28. The summed E-state index contributed by atoms with van der Waals surface area (Å²) in [6, 6.07) is 2.70. The van der Waals surface area contributed by atoms with Gasteiger partial charge in [0.15, 0.2) is 5.60 Å². The number of cyclic esters (lactones) is 1. The third-order valence-corrected chi connectivity index (χ3v) is 5.78. The molecule has 2 heterocycles. The summed E-state index contributed by atoms with van der Waals surface area (Å²) in [6.45, 7) is 0.330. The van der Waals surface area contributed by atoms with Crippen molar-refractivity contribution in [3.8, 4) is 0 Å². The summed E-state index contributed by atoms with van der Waals surface area (Å²) < 4.78 is 88.6. The van der Waals surface area contributed by atoms with E-state index in [0.29, 0.717) is 18.2 Å². The van der Waals surface area contributed by atoms with Crippen molar-refractivity contribution < 1.29 is 40.7 Å². The molecular formula is C22H16F6N4O3. The highest BCUT2D eigenvalue weighted by atomic mass is 19.4. The van der Waals surface area contributed by atoms with E-state index < -0.39 is 64.8 Å². The van der Waals surface area contributed by atoms with E-state index in [1.54, 1.807) is 0 Å². The maximum absolute atomic E-state index is 14.9. The first kappa shape index (κ1) is 24.2. The Morgan fingerprint density at radius 2 is 1.89 bits per heavy atom. The Labute approximate surface area is 193 Å². The molecule has 1 amide bonds. The van der Waals surface area contributed by atoms with E-state index in [4.69, 9.17) is 4.74 Å². The summed E-state index contributed by atoms with van der Waals surface area (Å²) in [5, 5.41) is 3.91. The van der Waals surface area contributed by atoms with Crippen molar-refractivity contribution in [2.75, 3.05) is 6.54 Å². The van der Waals surface area contributed by atoms with Gasteiger partial charge >= 0.3 is 12.1 Å². The molecule has 35 heavy (non-hydrogen) atoms. The van der Waals surface area contributed by atoms with Crippen LogP contribution in [0.4, 0.5) is 26.3 Å². The number of hydrogen-bond donors (Lipinski definition) is 0. The standard InChI is InChI=1S/C22H16F6N4O3/c1-12-21(9-31-11-29-10-30-31,16-5-3-14(23)7-18(16)25)35-19(33)8-32(12)20(34)15-4-2-13(6-17(15)24)22(26,27)28/h2-7,10-12H,8-9H2,1H3. The number of hydrogen-bond acceptors (Lipinski definition) is 5. The second-order valence-electron chi connectivity index (χ2n) is 7.88. The van der Waals surface area contributed by atoms with Crippen LogP contribution in [-0.4, -0.2) is 44.1 Å². The Balaban J connectivity index is 1.80. The molecule has 0 N–H and O–H groups in total. The van der Waals surface area contributed by atoms with Crippen LogP contribution in [0.3, 0.4) is 0 Å². The third kappa shape index (κ3) is 4.45. The fourth-order valence-electron chi connectivity index (χ4n) is 4.03. The first-order valence-electron chi connectivity index (χ1n) is 10.1. The summed E-state index contributed by atoms with van der Waals surface area (Å²) in [5.74, 6) is -5.57. The van der Waals surface area contributed by atoms with Gasteiger partial charge in [0.05, 0.1) is 23.7 Å². The highest BCUT2D eigenvalue weighted by Crippen LogP contribution is 2.40. The smallest absolute Gasteiger partial charge is 0.416 e. The Morgan fingerprint density at radius 1 is 1.14 bits per heavy atom. The third-order valence-electron chi connectivity index (χ3n) is 5.78. The van der Waals surface area contributed by atoms with Gasteiger partial charge in [-0.3, -0.25) is 9.59 Å². The number of nitrogens with zero attached hydrogens (tertiary/aromatic N) is 4. The average molecular weight is 498 g/mol. The van der Waals surface area contributed by atoms with E-state index in [2.05, 4.69) is 10.1 Å². The number of morpholine rings is 1. The van der Waals surface area contributed by atoms with E-state index in [1.165, 1.54) is 17.9 Å². The molecule has 0 saturated carbocycles. The van der Waals surface area contributed by atoms with Crippen LogP contribution in [0.25, 0.3) is 0 Å². The Bertz CT molecular complexity index is 1280. The maximum atomic E-state index is 14.9. The number of rotatable bonds is 4. The summed E-state index contributed by atoms with van der Waals surface area (Å²) in [6.07, 6.45) is -2.44.